The molecule has 0 aromatic heterocycles. The molecule has 2 rings (SSSR count). The van der Waals surface area contributed by atoms with E-state index in [1.807, 2.05) is 23.9 Å². The average Bonchev–Trinajstić information content (AvgIpc) is 2.64. The Morgan fingerprint density at radius 1 is 1.00 bits per heavy atom. The minimum absolute atomic E-state index is 0.247. The molecule has 0 saturated carbocycles. The fourth-order valence-electron chi connectivity index (χ4n) is 2.32. The van der Waals surface area contributed by atoms with Crippen molar-refractivity contribution in [3.05, 3.63) is 72.8 Å². The van der Waals surface area contributed by atoms with Gasteiger partial charge in [0, 0.05) is 4.90 Å². The first-order valence-electron chi connectivity index (χ1n) is 8.48. The van der Waals surface area contributed by atoms with Crippen LogP contribution in [0.1, 0.15) is 24.8 Å². The molecule has 0 heterocycles. The van der Waals surface area contributed by atoms with Crippen LogP contribution in [0.4, 0.5) is 0 Å². The third-order valence-electron chi connectivity index (χ3n) is 3.74. The summed E-state index contributed by atoms with van der Waals surface area (Å²) in [4.78, 5) is 1.26. The van der Waals surface area contributed by atoms with Crippen LogP contribution < -0.4 is 4.74 Å². The monoisotopic (exact) mass is 342 g/mol. The van der Waals surface area contributed by atoms with Crippen LogP contribution in [0.3, 0.4) is 0 Å². The van der Waals surface area contributed by atoms with Crippen LogP contribution in [0, 0.1) is 0 Å². The van der Waals surface area contributed by atoms with E-state index >= 15 is 0 Å². The molecule has 1 atom stereocenters. The van der Waals surface area contributed by atoms with Gasteiger partial charge in [-0.3, -0.25) is 0 Å². The number of ether oxygens (including phenoxy) is 1. The Balaban J connectivity index is 1.58. The maximum Gasteiger partial charge on any atom is 0.119 e. The lowest BCUT2D eigenvalue weighted by Gasteiger charge is -2.09. The maximum absolute atomic E-state index is 9.39. The summed E-state index contributed by atoms with van der Waals surface area (Å²) in [7, 11) is 0. The molecule has 1 unspecified atom stereocenters. The molecule has 128 valence electrons. The fraction of sp³-hybridized carbons (Fsp3) is 0.333. The quantitative estimate of drug-likeness (QED) is 0.349. The minimum atomic E-state index is -0.616. The number of rotatable bonds is 11. The van der Waals surface area contributed by atoms with Gasteiger partial charge in [-0.2, -0.15) is 0 Å². The van der Waals surface area contributed by atoms with Crippen molar-refractivity contribution in [2.75, 3.05) is 12.4 Å². The highest BCUT2D eigenvalue weighted by molar-refractivity contribution is 7.99. The predicted octanol–water partition coefficient (Wildman–Crippen LogP) is 5.12. The zero-order chi connectivity index (χ0) is 17.0. The summed E-state index contributed by atoms with van der Waals surface area (Å²) in [6, 6.07) is 18.7. The Kier molecular flexibility index (Phi) is 8.50. The zero-order valence-electron chi connectivity index (χ0n) is 14.1. The van der Waals surface area contributed by atoms with Crippen molar-refractivity contribution in [2.24, 2.45) is 0 Å². The first-order chi connectivity index (χ1) is 11.8. The van der Waals surface area contributed by atoms with Crippen molar-refractivity contribution >= 4 is 11.8 Å². The number of benzene rings is 2. The molecule has 0 aliphatic heterocycles. The minimum Gasteiger partial charge on any atom is -0.491 e. The molecule has 0 bridgehead atoms. The molecule has 1 N–H and O–H groups in total. The summed E-state index contributed by atoms with van der Waals surface area (Å²) >= 11 is 1.88. The van der Waals surface area contributed by atoms with Crippen LogP contribution >= 0.6 is 11.8 Å². The van der Waals surface area contributed by atoms with Gasteiger partial charge in [-0.25, -0.2) is 0 Å². The van der Waals surface area contributed by atoms with Gasteiger partial charge in [0.25, 0.3) is 0 Å². The number of hydrogen-bond acceptors (Lipinski definition) is 3. The van der Waals surface area contributed by atoms with E-state index in [0.29, 0.717) is 0 Å². The topological polar surface area (TPSA) is 29.5 Å². The molecular weight excluding hydrogens is 316 g/mol. The van der Waals surface area contributed by atoms with Crippen LogP contribution in [-0.4, -0.2) is 23.6 Å². The van der Waals surface area contributed by atoms with Crippen molar-refractivity contribution in [2.45, 2.75) is 36.7 Å². The molecule has 2 nitrogen and oxygen atoms in total. The van der Waals surface area contributed by atoms with Gasteiger partial charge in [-0.15, -0.1) is 18.3 Å². The Morgan fingerprint density at radius 2 is 1.75 bits per heavy atom. The van der Waals surface area contributed by atoms with E-state index in [0.717, 1.165) is 11.5 Å². The normalized spacial score (nSPS) is 11.9. The lowest BCUT2D eigenvalue weighted by molar-refractivity contribution is 0.145. The highest BCUT2D eigenvalue weighted by Gasteiger charge is 2.01. The second-order valence-electron chi connectivity index (χ2n) is 5.73. The lowest BCUT2D eigenvalue weighted by atomic mass is 10.1. The van der Waals surface area contributed by atoms with Gasteiger partial charge in [0.1, 0.15) is 18.5 Å². The van der Waals surface area contributed by atoms with E-state index in [9.17, 15) is 5.11 Å². The number of unbranched alkanes of at least 4 members (excludes halogenated alkanes) is 2. The van der Waals surface area contributed by atoms with Gasteiger partial charge in [-0.05, 0) is 54.8 Å². The number of thioether (sulfide) groups is 1. The predicted molar refractivity (Wildman–Crippen MR) is 103 cm³/mol. The van der Waals surface area contributed by atoms with E-state index in [1.165, 1.54) is 42.2 Å². The highest BCUT2D eigenvalue weighted by Crippen LogP contribution is 2.23. The first-order valence-corrected chi connectivity index (χ1v) is 9.46. The van der Waals surface area contributed by atoms with Crippen molar-refractivity contribution in [1.82, 2.24) is 0 Å². The summed E-state index contributed by atoms with van der Waals surface area (Å²) in [5.74, 6) is 1.92. The summed E-state index contributed by atoms with van der Waals surface area (Å²) in [5.41, 5.74) is 1.43. The molecule has 0 aliphatic rings. The molecule has 0 radical (unpaired) electrons. The first kappa shape index (κ1) is 18.6. The summed E-state index contributed by atoms with van der Waals surface area (Å²) in [6.45, 7) is 3.77. The second-order valence-corrected chi connectivity index (χ2v) is 6.90. The molecule has 2 aromatic carbocycles. The van der Waals surface area contributed by atoms with E-state index in [-0.39, 0.29) is 6.61 Å². The van der Waals surface area contributed by atoms with Crippen LogP contribution in [0.5, 0.6) is 5.75 Å². The van der Waals surface area contributed by atoms with E-state index < -0.39 is 6.10 Å². The highest BCUT2D eigenvalue weighted by atomic mass is 32.2. The van der Waals surface area contributed by atoms with Crippen LogP contribution in [0.25, 0.3) is 0 Å². The van der Waals surface area contributed by atoms with E-state index in [4.69, 9.17) is 4.74 Å². The molecule has 2 aromatic rings. The Hall–Kier alpha value is -1.71. The van der Waals surface area contributed by atoms with Crippen molar-refractivity contribution in [3.63, 3.8) is 0 Å². The van der Waals surface area contributed by atoms with E-state index in [1.54, 1.807) is 0 Å². The Morgan fingerprint density at radius 3 is 2.46 bits per heavy atom. The standard InChI is InChI=1S/C21H26O2S/c1-2-19(22)17-23-20-12-14-21(15-13-20)24-16-8-4-7-11-18-9-5-3-6-10-18/h2-3,5-6,9-10,12-15,19,22H,1,4,7-8,11,16-17H2. The van der Waals surface area contributed by atoms with E-state index in [2.05, 4.69) is 49.0 Å². The van der Waals surface area contributed by atoms with Crippen molar-refractivity contribution in [3.8, 4) is 5.75 Å². The smallest absolute Gasteiger partial charge is 0.119 e. The Labute approximate surface area is 149 Å². The maximum atomic E-state index is 9.39. The van der Waals surface area contributed by atoms with Gasteiger partial charge in [0.05, 0.1) is 0 Å². The molecule has 0 amide bonds. The number of aliphatic hydroxyl groups is 1. The largest absolute Gasteiger partial charge is 0.491 e. The SMILES string of the molecule is C=CC(O)COc1ccc(SCCCCCc2ccccc2)cc1. The van der Waals surface area contributed by atoms with Crippen LogP contribution in [-0.2, 0) is 6.42 Å². The van der Waals surface area contributed by atoms with Gasteiger partial charge in [0.2, 0.25) is 0 Å². The van der Waals surface area contributed by atoms with Gasteiger partial charge in [-0.1, -0.05) is 42.8 Å². The van der Waals surface area contributed by atoms with Crippen molar-refractivity contribution < 1.29 is 9.84 Å². The molecule has 3 heteroatoms. The molecule has 0 fully saturated rings. The number of aliphatic hydroxyl groups excluding tert-OH is 1. The summed E-state index contributed by atoms with van der Waals surface area (Å²) in [5, 5.41) is 9.39. The average molecular weight is 343 g/mol. The molecule has 0 saturated heterocycles. The lowest BCUT2D eigenvalue weighted by Crippen LogP contribution is -2.13. The van der Waals surface area contributed by atoms with Gasteiger partial charge in [0.15, 0.2) is 0 Å². The number of aryl methyl sites for hydroxylation is 1. The van der Waals surface area contributed by atoms with Crippen molar-refractivity contribution in [1.29, 1.82) is 0 Å². The van der Waals surface area contributed by atoms with Gasteiger partial charge < -0.3 is 9.84 Å². The number of hydrogen-bond donors (Lipinski definition) is 1. The summed E-state index contributed by atoms with van der Waals surface area (Å²) in [6.07, 6.45) is 5.79. The molecular formula is C21H26O2S. The molecule has 0 aliphatic carbocycles. The third kappa shape index (κ3) is 7.24. The fourth-order valence-corrected chi connectivity index (χ4v) is 3.24. The third-order valence-corrected chi connectivity index (χ3v) is 4.84. The zero-order valence-corrected chi connectivity index (χ0v) is 14.9. The summed E-state index contributed by atoms with van der Waals surface area (Å²) < 4.78 is 5.48. The second kappa shape index (κ2) is 11.0. The van der Waals surface area contributed by atoms with Crippen LogP contribution in [0.15, 0.2) is 72.1 Å². The molecule has 0 spiro atoms. The van der Waals surface area contributed by atoms with Gasteiger partial charge >= 0.3 is 0 Å². The molecule has 24 heavy (non-hydrogen) atoms. The van der Waals surface area contributed by atoms with Crippen LogP contribution in [0.2, 0.25) is 0 Å². The Bertz CT molecular complexity index is 581.